The van der Waals surface area contributed by atoms with E-state index in [-0.39, 0.29) is 29.5 Å². The topological polar surface area (TPSA) is 161 Å². The molecule has 1 aliphatic heterocycles. The SMILES string of the molecule is CC(C)Sc1nnc(N2C(N)=C(C#N)[C@@H](c3ccc(COc4ccc([N+](=O)[O-])cc4)o3)C3=C2CCCC3=O)s1. The number of non-ortho nitro benzene ring substituents is 1. The molecule has 2 N–H and O–H groups in total. The second kappa shape index (κ2) is 10.9. The van der Waals surface area contributed by atoms with E-state index < -0.39 is 10.8 Å². The number of rotatable bonds is 8. The number of hydrogen-bond donors (Lipinski definition) is 1. The highest BCUT2D eigenvalue weighted by molar-refractivity contribution is 8.01. The van der Waals surface area contributed by atoms with Gasteiger partial charge in [-0.3, -0.25) is 19.8 Å². The molecule has 1 aromatic carbocycles. The number of carbonyl (C=O) groups is 1. The number of allylic oxidation sites excluding steroid dienone is 3. The third kappa shape index (κ3) is 5.25. The molecule has 39 heavy (non-hydrogen) atoms. The highest BCUT2D eigenvalue weighted by Crippen LogP contribution is 2.47. The van der Waals surface area contributed by atoms with Crippen molar-refractivity contribution in [1.82, 2.24) is 10.2 Å². The Morgan fingerprint density at radius 1 is 1.28 bits per heavy atom. The molecule has 200 valence electrons. The molecule has 11 nitrogen and oxygen atoms in total. The number of nitriles is 1. The molecular formula is C26H24N6O5S2. The lowest BCUT2D eigenvalue weighted by molar-refractivity contribution is -0.384. The van der Waals surface area contributed by atoms with Crippen molar-refractivity contribution in [3.05, 3.63) is 80.7 Å². The molecular weight excluding hydrogens is 540 g/mol. The zero-order valence-corrected chi connectivity index (χ0v) is 22.8. The fourth-order valence-corrected chi connectivity index (χ4v) is 6.68. The predicted molar refractivity (Wildman–Crippen MR) is 145 cm³/mol. The summed E-state index contributed by atoms with van der Waals surface area (Å²) in [7, 11) is 0. The number of nitro groups is 1. The second-order valence-electron chi connectivity index (χ2n) is 9.18. The van der Waals surface area contributed by atoms with E-state index in [0.717, 1.165) is 4.34 Å². The van der Waals surface area contributed by atoms with Gasteiger partial charge in [0.2, 0.25) is 5.13 Å². The van der Waals surface area contributed by atoms with E-state index >= 15 is 0 Å². The molecule has 0 bridgehead atoms. The van der Waals surface area contributed by atoms with Crippen molar-refractivity contribution in [2.45, 2.75) is 55.2 Å². The molecule has 5 rings (SSSR count). The van der Waals surface area contributed by atoms with Gasteiger partial charge in [0, 0.05) is 35.1 Å². The van der Waals surface area contributed by atoms with Gasteiger partial charge >= 0.3 is 0 Å². The van der Waals surface area contributed by atoms with Crippen molar-refractivity contribution in [3.63, 3.8) is 0 Å². The van der Waals surface area contributed by atoms with E-state index in [1.807, 2.05) is 0 Å². The lowest BCUT2D eigenvalue weighted by atomic mass is 9.78. The van der Waals surface area contributed by atoms with Gasteiger partial charge in [-0.25, -0.2) is 0 Å². The molecule has 0 radical (unpaired) electrons. The summed E-state index contributed by atoms with van der Waals surface area (Å²) in [5.74, 6) is 0.702. The standard InChI is InChI=1S/C26H24N6O5S2/c1-14(2)38-26-30-29-25(39-26)31-19-4-3-5-20(33)23(19)22(18(12-27)24(31)28)21-11-10-17(37-21)13-36-16-8-6-15(7-9-16)32(34)35/h6-11,14,22H,3-5,13,28H2,1-2H3/t22-/m0/s1. The minimum atomic E-state index is -0.750. The number of benzene rings is 1. The van der Waals surface area contributed by atoms with Gasteiger partial charge in [-0.05, 0) is 37.1 Å². The zero-order chi connectivity index (χ0) is 27.7. The number of aromatic nitrogens is 2. The predicted octanol–water partition coefficient (Wildman–Crippen LogP) is 5.42. The van der Waals surface area contributed by atoms with Crippen LogP contribution in [0.25, 0.3) is 0 Å². The third-order valence-corrected chi connectivity index (χ3v) is 8.23. The Bertz CT molecular complexity index is 1530. The van der Waals surface area contributed by atoms with Gasteiger partial charge in [0.05, 0.1) is 22.5 Å². The first-order chi connectivity index (χ1) is 18.8. The van der Waals surface area contributed by atoms with Crippen molar-refractivity contribution in [1.29, 1.82) is 5.26 Å². The van der Waals surface area contributed by atoms with Gasteiger partial charge in [-0.1, -0.05) is 36.9 Å². The monoisotopic (exact) mass is 564 g/mol. The lowest BCUT2D eigenvalue weighted by Gasteiger charge is -2.37. The highest BCUT2D eigenvalue weighted by atomic mass is 32.2. The summed E-state index contributed by atoms with van der Waals surface area (Å²) in [5, 5.41) is 30.5. The normalized spacial score (nSPS) is 17.4. The number of anilines is 1. The Labute approximate surface area is 232 Å². The maximum Gasteiger partial charge on any atom is 0.269 e. The van der Waals surface area contributed by atoms with Crippen LogP contribution in [0.15, 0.2) is 67.8 Å². The number of carbonyl (C=O) groups excluding carboxylic acids is 1. The van der Waals surface area contributed by atoms with E-state index in [1.54, 1.807) is 28.8 Å². The lowest BCUT2D eigenvalue weighted by Crippen LogP contribution is -2.38. The first-order valence-corrected chi connectivity index (χ1v) is 13.9. The molecule has 1 atom stereocenters. The Morgan fingerprint density at radius 2 is 2.05 bits per heavy atom. The van der Waals surface area contributed by atoms with Crippen LogP contribution in [0.1, 0.15) is 50.5 Å². The molecule has 3 heterocycles. The number of nitro benzene ring substituents is 1. The fraction of sp³-hybridized carbons (Fsp3) is 0.308. The van der Waals surface area contributed by atoms with Crippen molar-refractivity contribution in [2.24, 2.45) is 5.73 Å². The average molecular weight is 565 g/mol. The number of nitrogens with zero attached hydrogens (tertiary/aromatic N) is 5. The Morgan fingerprint density at radius 3 is 2.74 bits per heavy atom. The Kier molecular flexibility index (Phi) is 7.40. The van der Waals surface area contributed by atoms with Crippen LogP contribution in [0, 0.1) is 21.4 Å². The van der Waals surface area contributed by atoms with Gasteiger partial charge in [-0.2, -0.15) is 5.26 Å². The summed E-state index contributed by atoms with van der Waals surface area (Å²) >= 11 is 2.95. The minimum absolute atomic E-state index is 0.0351. The van der Waals surface area contributed by atoms with Crippen LogP contribution < -0.4 is 15.4 Å². The van der Waals surface area contributed by atoms with E-state index in [2.05, 4.69) is 30.1 Å². The van der Waals surface area contributed by atoms with Crippen molar-refractivity contribution in [2.75, 3.05) is 4.90 Å². The quantitative estimate of drug-likeness (QED) is 0.211. The summed E-state index contributed by atoms with van der Waals surface area (Å²) < 4.78 is 12.6. The number of hydrogen-bond acceptors (Lipinski definition) is 12. The summed E-state index contributed by atoms with van der Waals surface area (Å²) in [6.45, 7) is 4.18. The van der Waals surface area contributed by atoms with Crippen molar-refractivity contribution < 1.29 is 18.9 Å². The van der Waals surface area contributed by atoms with Crippen molar-refractivity contribution >= 4 is 39.7 Å². The summed E-state index contributed by atoms with van der Waals surface area (Å²) in [5.41, 5.74) is 7.95. The van der Waals surface area contributed by atoms with Gasteiger partial charge in [0.15, 0.2) is 10.1 Å². The number of Topliss-reactive ketones (excluding diaryl/α,β-unsaturated/α-hetero) is 1. The molecule has 0 saturated heterocycles. The minimum Gasteiger partial charge on any atom is -0.486 e. The first kappa shape index (κ1) is 26.5. The van der Waals surface area contributed by atoms with Crippen LogP contribution in [0.2, 0.25) is 0 Å². The van der Waals surface area contributed by atoms with Crippen LogP contribution in [0.3, 0.4) is 0 Å². The Hall–Kier alpha value is -4.15. The Balaban J connectivity index is 1.46. The van der Waals surface area contributed by atoms with Gasteiger partial charge in [0.25, 0.3) is 5.69 Å². The largest absolute Gasteiger partial charge is 0.486 e. The summed E-state index contributed by atoms with van der Waals surface area (Å²) in [4.78, 5) is 25.4. The van der Waals surface area contributed by atoms with Crippen LogP contribution >= 0.6 is 23.1 Å². The molecule has 2 aliphatic rings. The second-order valence-corrected chi connectivity index (χ2v) is 12.0. The molecule has 0 fully saturated rings. The molecule has 0 amide bonds. The summed E-state index contributed by atoms with van der Waals surface area (Å²) in [6, 6.07) is 11.4. The smallest absolute Gasteiger partial charge is 0.269 e. The molecule has 13 heteroatoms. The number of ketones is 1. The molecule has 0 saturated carbocycles. The van der Waals surface area contributed by atoms with E-state index in [4.69, 9.17) is 14.9 Å². The number of nitrogens with two attached hydrogens (primary N) is 1. The van der Waals surface area contributed by atoms with Gasteiger partial charge < -0.3 is 14.9 Å². The van der Waals surface area contributed by atoms with E-state index in [1.165, 1.54) is 35.6 Å². The van der Waals surface area contributed by atoms with Gasteiger partial charge in [-0.15, -0.1) is 10.2 Å². The average Bonchev–Trinajstić information content (AvgIpc) is 3.56. The maximum absolute atomic E-state index is 13.3. The van der Waals surface area contributed by atoms with E-state index in [0.29, 0.717) is 58.2 Å². The van der Waals surface area contributed by atoms with Gasteiger partial charge in [0.1, 0.15) is 29.7 Å². The molecule has 2 aromatic heterocycles. The zero-order valence-electron chi connectivity index (χ0n) is 21.1. The third-order valence-electron chi connectivity index (χ3n) is 6.23. The number of thioether (sulfide) groups is 1. The van der Waals surface area contributed by atoms with Crippen LogP contribution in [0.4, 0.5) is 10.8 Å². The summed E-state index contributed by atoms with van der Waals surface area (Å²) in [6.07, 6.45) is 1.62. The van der Waals surface area contributed by atoms with Crippen LogP contribution in [-0.2, 0) is 11.4 Å². The highest BCUT2D eigenvalue weighted by Gasteiger charge is 2.42. The maximum atomic E-state index is 13.3. The molecule has 0 spiro atoms. The molecule has 0 unspecified atom stereocenters. The van der Waals surface area contributed by atoms with Crippen LogP contribution in [0.5, 0.6) is 5.75 Å². The van der Waals surface area contributed by atoms with Crippen LogP contribution in [-0.4, -0.2) is 26.2 Å². The number of ether oxygens (including phenoxy) is 1. The molecule has 3 aromatic rings. The number of furan rings is 1. The fourth-order valence-electron chi connectivity index (χ4n) is 4.58. The molecule has 1 aliphatic carbocycles. The first-order valence-electron chi connectivity index (χ1n) is 12.2. The van der Waals surface area contributed by atoms with Crippen molar-refractivity contribution in [3.8, 4) is 11.8 Å². The van der Waals surface area contributed by atoms with E-state index in [9.17, 15) is 20.2 Å².